The number of carbonyl (C=O) groups is 2. The molecule has 0 saturated carbocycles. The minimum atomic E-state index is -1.13. The number of hydrogen-bond acceptors (Lipinski definition) is 6. The summed E-state index contributed by atoms with van der Waals surface area (Å²) in [6.45, 7) is 3.26. The first-order chi connectivity index (χ1) is 15.3. The van der Waals surface area contributed by atoms with E-state index in [0.717, 1.165) is 7.11 Å². The van der Waals surface area contributed by atoms with Crippen molar-refractivity contribution in [2.45, 2.75) is 13.8 Å². The Labute approximate surface area is 182 Å². The van der Waals surface area contributed by atoms with Crippen LogP contribution in [0.1, 0.15) is 31.8 Å². The number of aromatic nitrogens is 1. The van der Waals surface area contributed by atoms with Gasteiger partial charge >= 0.3 is 11.9 Å². The number of nitrogens with zero attached hydrogens (tertiary/aromatic N) is 2. The molecule has 0 amide bonds. The smallest absolute Gasteiger partial charge is 0.344 e. The van der Waals surface area contributed by atoms with E-state index < -0.39 is 16.9 Å². The highest BCUT2D eigenvalue weighted by molar-refractivity contribution is 6.18. The molecule has 0 aliphatic carbocycles. The highest BCUT2D eigenvalue weighted by Gasteiger charge is 2.29. The van der Waals surface area contributed by atoms with E-state index in [4.69, 9.17) is 4.74 Å². The largest absolute Gasteiger partial charge is 0.478 e. The topological polar surface area (TPSA) is 120 Å². The van der Waals surface area contributed by atoms with Crippen molar-refractivity contribution in [3.05, 3.63) is 80.9 Å². The van der Waals surface area contributed by atoms with E-state index in [-0.39, 0.29) is 22.4 Å². The Morgan fingerprint density at radius 3 is 2.41 bits per heavy atom. The molecule has 4 rings (SSSR count). The van der Waals surface area contributed by atoms with E-state index in [1.807, 2.05) is 0 Å². The number of hydrogen-bond donors (Lipinski definition) is 1. The Morgan fingerprint density at radius 2 is 1.75 bits per heavy atom. The predicted octanol–water partition coefficient (Wildman–Crippen LogP) is 5.06. The zero-order valence-corrected chi connectivity index (χ0v) is 17.5. The van der Waals surface area contributed by atoms with Crippen LogP contribution in [0.15, 0.2) is 48.5 Å². The number of methoxy groups -OCH3 is 1. The number of ether oxygens (including phenoxy) is 1. The van der Waals surface area contributed by atoms with Gasteiger partial charge < -0.3 is 9.84 Å². The maximum atomic E-state index is 12.3. The third-order valence-electron chi connectivity index (χ3n) is 5.52. The third kappa shape index (κ3) is 3.13. The van der Waals surface area contributed by atoms with Crippen molar-refractivity contribution < 1.29 is 24.4 Å². The number of esters is 1. The second kappa shape index (κ2) is 7.73. The van der Waals surface area contributed by atoms with Crippen molar-refractivity contribution in [1.29, 1.82) is 0 Å². The molecule has 0 aliphatic heterocycles. The number of pyridine rings is 1. The molecule has 0 saturated heterocycles. The molecule has 1 aromatic heterocycles. The molecule has 32 heavy (non-hydrogen) atoms. The van der Waals surface area contributed by atoms with Gasteiger partial charge in [0, 0.05) is 16.3 Å². The van der Waals surface area contributed by atoms with Crippen LogP contribution < -0.4 is 0 Å². The first kappa shape index (κ1) is 20.9. The van der Waals surface area contributed by atoms with Crippen LogP contribution in [0.4, 0.5) is 5.69 Å². The number of para-hydroxylation sites is 1. The molecule has 8 nitrogen and oxygen atoms in total. The summed E-state index contributed by atoms with van der Waals surface area (Å²) in [4.78, 5) is 40.4. The molecule has 0 fully saturated rings. The molecular weight excluding hydrogens is 412 g/mol. The van der Waals surface area contributed by atoms with Gasteiger partial charge in [-0.2, -0.15) is 0 Å². The Bertz CT molecular complexity index is 1460. The van der Waals surface area contributed by atoms with Crippen LogP contribution in [0, 0.1) is 24.0 Å². The Kier molecular flexibility index (Phi) is 5.06. The summed E-state index contributed by atoms with van der Waals surface area (Å²) in [5.41, 5.74) is 2.32. The van der Waals surface area contributed by atoms with Crippen molar-refractivity contribution in [2.75, 3.05) is 7.11 Å². The first-order valence-corrected chi connectivity index (χ1v) is 9.68. The van der Waals surface area contributed by atoms with Crippen molar-refractivity contribution in [2.24, 2.45) is 0 Å². The van der Waals surface area contributed by atoms with Crippen molar-refractivity contribution in [1.82, 2.24) is 4.98 Å². The molecule has 0 aliphatic rings. The standard InChI is InChI=1S/C24H18N2O6/c1-12-11-16(24(29)32-3)22(26(30)31)13(2)19(12)15-8-6-10-18-20(15)21(23(27)28)14-7-4-5-9-17(14)25-18/h4-11H,1-3H3,(H,27,28). The lowest BCUT2D eigenvalue weighted by Gasteiger charge is -2.17. The minimum Gasteiger partial charge on any atom is -0.478 e. The van der Waals surface area contributed by atoms with Crippen LogP contribution in [0.2, 0.25) is 0 Å². The molecule has 160 valence electrons. The van der Waals surface area contributed by atoms with Gasteiger partial charge in [-0.3, -0.25) is 10.1 Å². The third-order valence-corrected chi connectivity index (χ3v) is 5.52. The fourth-order valence-electron chi connectivity index (χ4n) is 4.26. The lowest BCUT2D eigenvalue weighted by Crippen LogP contribution is -2.09. The van der Waals surface area contributed by atoms with Crippen LogP contribution in [0.5, 0.6) is 0 Å². The summed E-state index contributed by atoms with van der Waals surface area (Å²) < 4.78 is 4.72. The van der Waals surface area contributed by atoms with Gasteiger partial charge in [0.25, 0.3) is 5.69 Å². The van der Waals surface area contributed by atoms with E-state index >= 15 is 0 Å². The second-order valence-electron chi connectivity index (χ2n) is 7.35. The number of carboxylic acid groups (broad SMARTS) is 1. The van der Waals surface area contributed by atoms with Gasteiger partial charge in [-0.05, 0) is 48.7 Å². The van der Waals surface area contributed by atoms with Gasteiger partial charge in [-0.25, -0.2) is 14.6 Å². The van der Waals surface area contributed by atoms with Gasteiger partial charge in [0.2, 0.25) is 0 Å². The summed E-state index contributed by atoms with van der Waals surface area (Å²) in [6, 6.07) is 13.5. The normalized spacial score (nSPS) is 11.0. The highest BCUT2D eigenvalue weighted by Crippen LogP contribution is 2.41. The average Bonchev–Trinajstić information content (AvgIpc) is 2.76. The number of carboxylic acids is 1. The number of nitro benzene ring substituents is 1. The van der Waals surface area contributed by atoms with Gasteiger partial charge in [0.05, 0.1) is 28.6 Å². The zero-order valence-electron chi connectivity index (χ0n) is 17.5. The molecular formula is C24H18N2O6. The number of fused-ring (bicyclic) bond motifs is 2. The molecule has 0 atom stereocenters. The lowest BCUT2D eigenvalue weighted by atomic mass is 9.87. The number of benzene rings is 3. The van der Waals surface area contributed by atoms with Crippen molar-refractivity contribution in [3.63, 3.8) is 0 Å². The van der Waals surface area contributed by atoms with E-state index in [0.29, 0.717) is 38.5 Å². The minimum absolute atomic E-state index is 0.0692. The summed E-state index contributed by atoms with van der Waals surface area (Å²) in [7, 11) is 1.16. The SMILES string of the molecule is COC(=O)c1cc(C)c(-c2cccc3nc4ccccc4c(C(=O)O)c23)c(C)c1[N+](=O)[O-]. The average molecular weight is 430 g/mol. The number of carbonyl (C=O) groups excluding carboxylic acids is 1. The molecule has 4 aromatic rings. The molecule has 1 N–H and O–H groups in total. The first-order valence-electron chi connectivity index (χ1n) is 9.68. The maximum absolute atomic E-state index is 12.3. The second-order valence-corrected chi connectivity index (χ2v) is 7.35. The quantitative estimate of drug-likeness (QED) is 0.208. The van der Waals surface area contributed by atoms with E-state index in [2.05, 4.69) is 4.98 Å². The van der Waals surface area contributed by atoms with Gasteiger partial charge in [-0.15, -0.1) is 0 Å². The Hall–Kier alpha value is -4.33. The molecule has 0 radical (unpaired) electrons. The van der Waals surface area contributed by atoms with Crippen LogP contribution >= 0.6 is 0 Å². The number of nitro groups is 1. The van der Waals surface area contributed by atoms with Gasteiger partial charge in [-0.1, -0.05) is 30.3 Å². The molecule has 8 heteroatoms. The fourth-order valence-corrected chi connectivity index (χ4v) is 4.26. The zero-order chi connectivity index (χ0) is 23.2. The molecule has 0 bridgehead atoms. The fraction of sp³-hybridized carbons (Fsp3) is 0.125. The van der Waals surface area contributed by atoms with Crippen molar-refractivity contribution >= 4 is 39.4 Å². The summed E-state index contributed by atoms with van der Waals surface area (Å²) in [6.07, 6.45) is 0. The molecule has 3 aromatic carbocycles. The monoisotopic (exact) mass is 430 g/mol. The van der Waals surface area contributed by atoms with Crippen LogP contribution in [0.25, 0.3) is 32.9 Å². The van der Waals surface area contributed by atoms with E-state index in [1.54, 1.807) is 56.3 Å². The van der Waals surface area contributed by atoms with Crippen LogP contribution in [-0.2, 0) is 4.74 Å². The molecule has 0 spiro atoms. The van der Waals surface area contributed by atoms with E-state index in [1.165, 1.54) is 6.07 Å². The number of aromatic carboxylic acids is 1. The van der Waals surface area contributed by atoms with Gasteiger partial charge in [0.15, 0.2) is 0 Å². The van der Waals surface area contributed by atoms with Crippen molar-refractivity contribution in [3.8, 4) is 11.1 Å². The molecule has 1 heterocycles. The lowest BCUT2D eigenvalue weighted by molar-refractivity contribution is -0.385. The summed E-state index contributed by atoms with van der Waals surface area (Å²) in [5.74, 6) is -1.94. The molecule has 0 unspecified atom stereocenters. The summed E-state index contributed by atoms with van der Waals surface area (Å²) >= 11 is 0. The maximum Gasteiger partial charge on any atom is 0.344 e. The summed E-state index contributed by atoms with van der Waals surface area (Å²) in [5, 5.41) is 22.8. The van der Waals surface area contributed by atoms with Crippen LogP contribution in [0.3, 0.4) is 0 Å². The van der Waals surface area contributed by atoms with E-state index in [9.17, 15) is 24.8 Å². The number of aryl methyl sites for hydroxylation is 1. The Morgan fingerprint density at radius 1 is 1.06 bits per heavy atom. The predicted molar refractivity (Wildman–Crippen MR) is 119 cm³/mol. The Balaban J connectivity index is 2.19. The van der Waals surface area contributed by atoms with Crippen LogP contribution in [-0.4, -0.2) is 34.1 Å². The highest BCUT2D eigenvalue weighted by atomic mass is 16.6. The number of rotatable bonds is 4. The van der Waals surface area contributed by atoms with Gasteiger partial charge in [0.1, 0.15) is 5.56 Å².